The van der Waals surface area contributed by atoms with Gasteiger partial charge in [-0.25, -0.2) is 13.2 Å². The van der Waals surface area contributed by atoms with Gasteiger partial charge >= 0.3 is 5.69 Å². The average Bonchev–Trinajstić information content (AvgIpc) is 2.61. The Morgan fingerprint density at radius 3 is 2.15 bits per heavy atom. The molecular formula is C16H20N4O5S. The van der Waals surface area contributed by atoms with Crippen molar-refractivity contribution >= 4 is 15.7 Å². The van der Waals surface area contributed by atoms with E-state index in [9.17, 15) is 18.0 Å². The summed E-state index contributed by atoms with van der Waals surface area (Å²) >= 11 is 0. The molecule has 1 aliphatic rings. The minimum Gasteiger partial charge on any atom is -0.497 e. The van der Waals surface area contributed by atoms with E-state index < -0.39 is 26.2 Å². The number of sulfonamides is 1. The van der Waals surface area contributed by atoms with E-state index in [1.54, 1.807) is 7.11 Å². The minimum absolute atomic E-state index is 0.0383. The summed E-state index contributed by atoms with van der Waals surface area (Å²) in [5, 5.41) is 0. The maximum absolute atomic E-state index is 12.8. The minimum atomic E-state index is -3.98. The van der Waals surface area contributed by atoms with Gasteiger partial charge in [-0.15, -0.1) is 0 Å². The largest absolute Gasteiger partial charge is 0.497 e. The summed E-state index contributed by atoms with van der Waals surface area (Å²) in [6, 6.07) is 7.53. The fraction of sp³-hybridized carbons (Fsp3) is 0.375. The summed E-state index contributed by atoms with van der Waals surface area (Å²) < 4.78 is 32.0. The van der Waals surface area contributed by atoms with Gasteiger partial charge < -0.3 is 14.6 Å². The number of anilines is 1. The number of methoxy groups -OCH3 is 1. The zero-order chi connectivity index (χ0) is 18.9. The van der Waals surface area contributed by atoms with Crippen LogP contribution in [0.1, 0.15) is 5.69 Å². The molecule has 9 nitrogen and oxygen atoms in total. The summed E-state index contributed by atoms with van der Waals surface area (Å²) in [5.74, 6) is 0.753. The molecule has 0 saturated carbocycles. The number of hydrogen-bond acceptors (Lipinski definition) is 6. The Kier molecular flexibility index (Phi) is 4.88. The quantitative estimate of drug-likeness (QED) is 0.765. The lowest BCUT2D eigenvalue weighted by Gasteiger charge is -2.35. The maximum Gasteiger partial charge on any atom is 0.325 e. The van der Waals surface area contributed by atoms with Crippen molar-refractivity contribution < 1.29 is 13.2 Å². The zero-order valence-electron chi connectivity index (χ0n) is 14.5. The second-order valence-corrected chi connectivity index (χ2v) is 7.83. The molecule has 2 N–H and O–H groups in total. The molecule has 0 atom stereocenters. The highest BCUT2D eigenvalue weighted by molar-refractivity contribution is 7.89. The lowest BCUT2D eigenvalue weighted by atomic mass is 10.2. The molecule has 0 unspecified atom stereocenters. The van der Waals surface area contributed by atoms with Gasteiger partial charge in [0.25, 0.3) is 5.56 Å². The van der Waals surface area contributed by atoms with E-state index in [2.05, 4.69) is 9.88 Å². The first kappa shape index (κ1) is 18.2. The molecule has 1 fully saturated rings. The van der Waals surface area contributed by atoms with Crippen molar-refractivity contribution in [3.05, 3.63) is 50.8 Å². The van der Waals surface area contributed by atoms with Gasteiger partial charge in [0.2, 0.25) is 10.0 Å². The predicted molar refractivity (Wildman–Crippen MR) is 96.4 cm³/mol. The van der Waals surface area contributed by atoms with Crippen molar-refractivity contribution in [3.63, 3.8) is 0 Å². The van der Waals surface area contributed by atoms with Gasteiger partial charge in [0.05, 0.1) is 7.11 Å². The SMILES string of the molecule is COc1ccc(N2CCN(S(=O)(=O)c3c(C)[nH]c(=O)[nH]c3=O)CC2)cc1. The van der Waals surface area contributed by atoms with Gasteiger partial charge in [0.1, 0.15) is 5.75 Å². The number of aromatic nitrogens is 2. The highest BCUT2D eigenvalue weighted by Crippen LogP contribution is 2.22. The van der Waals surface area contributed by atoms with Crippen molar-refractivity contribution in [2.75, 3.05) is 38.2 Å². The van der Waals surface area contributed by atoms with Crippen LogP contribution in [0.2, 0.25) is 0 Å². The molecule has 0 amide bonds. The average molecular weight is 380 g/mol. The van der Waals surface area contributed by atoms with Crippen LogP contribution < -0.4 is 20.9 Å². The smallest absolute Gasteiger partial charge is 0.325 e. The Morgan fingerprint density at radius 1 is 1.00 bits per heavy atom. The third-order valence-corrected chi connectivity index (χ3v) is 6.40. The summed E-state index contributed by atoms with van der Waals surface area (Å²) in [5.41, 5.74) is -0.614. The third kappa shape index (κ3) is 3.37. The van der Waals surface area contributed by atoms with Gasteiger partial charge in [0, 0.05) is 37.6 Å². The molecule has 10 heteroatoms. The van der Waals surface area contributed by atoms with E-state index in [1.807, 2.05) is 29.2 Å². The molecule has 3 rings (SSSR count). The zero-order valence-corrected chi connectivity index (χ0v) is 15.3. The van der Waals surface area contributed by atoms with Gasteiger partial charge in [-0.2, -0.15) is 4.31 Å². The second-order valence-electron chi connectivity index (χ2n) is 5.95. The van der Waals surface area contributed by atoms with E-state index >= 15 is 0 Å². The molecule has 1 aliphatic heterocycles. The number of ether oxygens (including phenoxy) is 1. The van der Waals surface area contributed by atoms with Crippen molar-refractivity contribution in [1.82, 2.24) is 14.3 Å². The number of aromatic amines is 2. The molecule has 1 aromatic carbocycles. The second kappa shape index (κ2) is 6.96. The molecule has 26 heavy (non-hydrogen) atoms. The number of piperazine rings is 1. The Labute approximate surface area is 150 Å². The topological polar surface area (TPSA) is 116 Å². The van der Waals surface area contributed by atoms with E-state index in [4.69, 9.17) is 4.74 Å². The van der Waals surface area contributed by atoms with Crippen molar-refractivity contribution in [2.45, 2.75) is 11.8 Å². The number of nitrogens with zero attached hydrogens (tertiary/aromatic N) is 2. The normalized spacial score (nSPS) is 15.8. The number of rotatable bonds is 4. The molecule has 2 aromatic rings. The predicted octanol–water partition coefficient (Wildman–Crippen LogP) is -0.109. The number of aryl methyl sites for hydroxylation is 1. The highest BCUT2D eigenvalue weighted by atomic mass is 32.2. The van der Waals surface area contributed by atoms with Crippen LogP contribution in [0.4, 0.5) is 5.69 Å². The molecule has 1 saturated heterocycles. The molecule has 2 heterocycles. The van der Waals surface area contributed by atoms with Crippen LogP contribution in [0.3, 0.4) is 0 Å². The molecule has 140 valence electrons. The monoisotopic (exact) mass is 380 g/mol. The third-order valence-electron chi connectivity index (χ3n) is 4.35. The molecule has 0 aliphatic carbocycles. The van der Waals surface area contributed by atoms with Crippen LogP contribution in [-0.4, -0.2) is 56.0 Å². The Hall–Kier alpha value is -2.59. The highest BCUT2D eigenvalue weighted by Gasteiger charge is 2.32. The van der Waals surface area contributed by atoms with Gasteiger partial charge in [0.15, 0.2) is 4.90 Å². The van der Waals surface area contributed by atoms with Crippen molar-refractivity contribution in [1.29, 1.82) is 0 Å². The molecule has 0 spiro atoms. The van der Waals surface area contributed by atoms with Crippen molar-refractivity contribution in [3.8, 4) is 5.75 Å². The fourth-order valence-corrected chi connectivity index (χ4v) is 4.63. The lowest BCUT2D eigenvalue weighted by molar-refractivity contribution is 0.383. The van der Waals surface area contributed by atoms with E-state index in [0.717, 1.165) is 11.4 Å². The summed E-state index contributed by atoms with van der Waals surface area (Å²) in [7, 11) is -2.39. The number of hydrogen-bond donors (Lipinski definition) is 2. The Morgan fingerprint density at radius 2 is 1.62 bits per heavy atom. The Bertz CT molecular complexity index is 1000. The lowest BCUT2D eigenvalue weighted by Crippen LogP contribution is -2.50. The van der Waals surface area contributed by atoms with Crippen LogP contribution in [0.25, 0.3) is 0 Å². The standard InChI is InChI=1S/C16H20N4O5S/c1-11-14(15(21)18-16(22)17-11)26(23,24)20-9-7-19(8-10-20)12-3-5-13(25-2)6-4-12/h3-6H,7-10H2,1-2H3,(H2,17,18,21,22). The number of H-pyrrole nitrogens is 2. The first-order valence-electron chi connectivity index (χ1n) is 8.05. The van der Waals surface area contributed by atoms with E-state index in [1.165, 1.54) is 11.2 Å². The molecule has 0 radical (unpaired) electrons. The van der Waals surface area contributed by atoms with Crippen LogP contribution in [-0.2, 0) is 10.0 Å². The fourth-order valence-electron chi connectivity index (χ4n) is 3.01. The molecule has 0 bridgehead atoms. The molecular weight excluding hydrogens is 360 g/mol. The van der Waals surface area contributed by atoms with Gasteiger partial charge in [-0.05, 0) is 31.2 Å². The van der Waals surface area contributed by atoms with Crippen LogP contribution >= 0.6 is 0 Å². The van der Waals surface area contributed by atoms with E-state index in [-0.39, 0.29) is 18.8 Å². The number of nitrogens with one attached hydrogen (secondary N) is 2. The van der Waals surface area contributed by atoms with Crippen molar-refractivity contribution in [2.24, 2.45) is 0 Å². The summed E-state index contributed by atoms with van der Waals surface area (Å²) in [6.07, 6.45) is 0. The first-order valence-corrected chi connectivity index (χ1v) is 9.49. The first-order chi connectivity index (χ1) is 12.3. The van der Waals surface area contributed by atoms with Gasteiger partial charge in [-0.3, -0.25) is 9.78 Å². The summed E-state index contributed by atoms with van der Waals surface area (Å²) in [6.45, 7) is 2.87. The van der Waals surface area contributed by atoms with Crippen LogP contribution in [0.5, 0.6) is 5.75 Å². The Balaban J connectivity index is 1.79. The number of benzene rings is 1. The van der Waals surface area contributed by atoms with Gasteiger partial charge in [-0.1, -0.05) is 0 Å². The maximum atomic E-state index is 12.8. The molecule has 1 aromatic heterocycles. The summed E-state index contributed by atoms with van der Waals surface area (Å²) in [4.78, 5) is 29.2. The van der Waals surface area contributed by atoms with E-state index in [0.29, 0.717) is 13.1 Å². The van der Waals surface area contributed by atoms with Crippen LogP contribution in [0.15, 0.2) is 38.8 Å². The van der Waals surface area contributed by atoms with Crippen LogP contribution in [0, 0.1) is 6.92 Å².